The van der Waals surface area contributed by atoms with E-state index in [0.717, 1.165) is 12.8 Å². The molecule has 1 aliphatic carbocycles. The summed E-state index contributed by atoms with van der Waals surface area (Å²) in [6.07, 6.45) is 3.54. The maximum absolute atomic E-state index is 13.3. The van der Waals surface area contributed by atoms with E-state index < -0.39 is 0 Å². The first-order valence-electron chi connectivity index (χ1n) is 4.79. The van der Waals surface area contributed by atoms with Gasteiger partial charge in [-0.25, -0.2) is 4.39 Å². The number of rotatable bonds is 2. The standard InChI is InChI=1S/C11H14FN.ClH/c12-10-7-2-1-6-9(10)11(13)8-4-3-5-8;/h1-2,6-8,11H,3-5,13H2;1H/t11-;/m0./s1. The average molecular weight is 216 g/mol. The van der Waals surface area contributed by atoms with Gasteiger partial charge < -0.3 is 5.73 Å². The van der Waals surface area contributed by atoms with Gasteiger partial charge in [0.1, 0.15) is 5.82 Å². The minimum atomic E-state index is -0.165. The normalized spacial score (nSPS) is 18.1. The molecule has 3 heteroatoms. The second-order valence-electron chi connectivity index (χ2n) is 3.74. The maximum Gasteiger partial charge on any atom is 0.127 e. The SMILES string of the molecule is Cl.N[C@H](c1ccccc1F)C1CCC1. The molecule has 0 aliphatic heterocycles. The molecule has 78 valence electrons. The molecule has 0 amide bonds. The molecule has 2 rings (SSSR count). The van der Waals surface area contributed by atoms with Crippen LogP contribution in [0, 0.1) is 11.7 Å². The van der Waals surface area contributed by atoms with E-state index in [4.69, 9.17) is 5.73 Å². The Labute approximate surface area is 89.9 Å². The molecule has 0 heterocycles. The van der Waals surface area contributed by atoms with Gasteiger partial charge in [0.15, 0.2) is 0 Å². The Hall–Kier alpha value is -0.600. The van der Waals surface area contributed by atoms with Gasteiger partial charge in [-0.2, -0.15) is 0 Å². The Kier molecular flexibility index (Phi) is 3.90. The summed E-state index contributed by atoms with van der Waals surface area (Å²) < 4.78 is 13.3. The highest BCUT2D eigenvalue weighted by Gasteiger charge is 2.26. The number of benzene rings is 1. The first-order chi connectivity index (χ1) is 6.29. The fourth-order valence-corrected chi connectivity index (χ4v) is 1.80. The number of hydrogen-bond donors (Lipinski definition) is 1. The van der Waals surface area contributed by atoms with Gasteiger partial charge in [-0.15, -0.1) is 12.4 Å². The quantitative estimate of drug-likeness (QED) is 0.807. The van der Waals surface area contributed by atoms with E-state index in [2.05, 4.69) is 0 Å². The van der Waals surface area contributed by atoms with Crippen LogP contribution in [0.1, 0.15) is 30.9 Å². The largest absolute Gasteiger partial charge is 0.324 e. The van der Waals surface area contributed by atoms with Crippen LogP contribution in [0.15, 0.2) is 24.3 Å². The van der Waals surface area contributed by atoms with E-state index in [1.807, 2.05) is 6.07 Å². The summed E-state index contributed by atoms with van der Waals surface area (Å²) in [5.74, 6) is 0.332. The predicted octanol–water partition coefficient (Wildman–Crippen LogP) is 3.05. The van der Waals surface area contributed by atoms with Crippen LogP contribution in [-0.4, -0.2) is 0 Å². The average Bonchev–Trinajstić information content (AvgIpc) is 2.01. The second-order valence-corrected chi connectivity index (χ2v) is 3.74. The highest BCUT2D eigenvalue weighted by atomic mass is 35.5. The lowest BCUT2D eigenvalue weighted by Gasteiger charge is -2.31. The molecule has 1 atom stereocenters. The van der Waals surface area contributed by atoms with E-state index in [1.54, 1.807) is 12.1 Å². The zero-order valence-corrected chi connectivity index (χ0v) is 8.77. The van der Waals surface area contributed by atoms with Crippen LogP contribution in [0.5, 0.6) is 0 Å². The molecule has 1 fully saturated rings. The van der Waals surface area contributed by atoms with Crippen molar-refractivity contribution < 1.29 is 4.39 Å². The van der Waals surface area contributed by atoms with Gasteiger partial charge in [0, 0.05) is 11.6 Å². The minimum Gasteiger partial charge on any atom is -0.324 e. The zero-order chi connectivity index (χ0) is 9.26. The van der Waals surface area contributed by atoms with Crippen molar-refractivity contribution >= 4 is 12.4 Å². The molecule has 0 aromatic heterocycles. The molecule has 1 aromatic carbocycles. The molecular weight excluding hydrogens is 201 g/mol. The predicted molar refractivity (Wildman–Crippen MR) is 57.9 cm³/mol. The van der Waals surface area contributed by atoms with Crippen LogP contribution >= 0.6 is 12.4 Å². The van der Waals surface area contributed by atoms with Crippen LogP contribution in [-0.2, 0) is 0 Å². The molecule has 14 heavy (non-hydrogen) atoms. The van der Waals surface area contributed by atoms with Crippen molar-refractivity contribution in [3.8, 4) is 0 Å². The van der Waals surface area contributed by atoms with Gasteiger partial charge in [0.05, 0.1) is 0 Å². The molecule has 0 unspecified atom stereocenters. The van der Waals surface area contributed by atoms with Crippen molar-refractivity contribution in [1.29, 1.82) is 0 Å². The lowest BCUT2D eigenvalue weighted by molar-refractivity contribution is 0.260. The van der Waals surface area contributed by atoms with Crippen molar-refractivity contribution in [2.45, 2.75) is 25.3 Å². The van der Waals surface area contributed by atoms with Crippen LogP contribution < -0.4 is 5.73 Å². The van der Waals surface area contributed by atoms with Crippen LogP contribution in [0.25, 0.3) is 0 Å². The van der Waals surface area contributed by atoms with Gasteiger partial charge in [-0.05, 0) is 24.8 Å². The lowest BCUT2D eigenvalue weighted by atomic mass is 9.77. The Bertz CT molecular complexity index is 299. The van der Waals surface area contributed by atoms with Crippen molar-refractivity contribution in [2.24, 2.45) is 11.7 Å². The van der Waals surface area contributed by atoms with Crippen molar-refractivity contribution in [1.82, 2.24) is 0 Å². The molecule has 0 saturated heterocycles. The topological polar surface area (TPSA) is 26.0 Å². The van der Waals surface area contributed by atoms with Crippen LogP contribution in [0.3, 0.4) is 0 Å². The lowest BCUT2D eigenvalue weighted by Crippen LogP contribution is -2.27. The van der Waals surface area contributed by atoms with Crippen LogP contribution in [0.4, 0.5) is 4.39 Å². The third-order valence-electron chi connectivity index (χ3n) is 2.92. The number of halogens is 2. The van der Waals surface area contributed by atoms with E-state index in [-0.39, 0.29) is 24.3 Å². The summed E-state index contributed by atoms with van der Waals surface area (Å²) in [6.45, 7) is 0. The molecule has 1 nitrogen and oxygen atoms in total. The number of nitrogens with two attached hydrogens (primary N) is 1. The van der Waals surface area contributed by atoms with E-state index in [9.17, 15) is 4.39 Å². The second kappa shape index (κ2) is 4.76. The highest BCUT2D eigenvalue weighted by Crippen LogP contribution is 2.36. The summed E-state index contributed by atoms with van der Waals surface area (Å²) >= 11 is 0. The van der Waals surface area contributed by atoms with Crippen LogP contribution in [0.2, 0.25) is 0 Å². The molecule has 1 aliphatic rings. The molecule has 0 radical (unpaired) electrons. The molecule has 1 aromatic rings. The van der Waals surface area contributed by atoms with Gasteiger partial charge in [-0.1, -0.05) is 24.6 Å². The van der Waals surface area contributed by atoms with Gasteiger partial charge >= 0.3 is 0 Å². The summed E-state index contributed by atoms with van der Waals surface area (Å²) in [5.41, 5.74) is 6.63. The van der Waals surface area contributed by atoms with Gasteiger partial charge in [-0.3, -0.25) is 0 Å². The zero-order valence-electron chi connectivity index (χ0n) is 7.95. The van der Waals surface area contributed by atoms with Gasteiger partial charge in [0.25, 0.3) is 0 Å². The summed E-state index contributed by atoms with van der Waals surface area (Å²) in [6, 6.07) is 6.71. The molecule has 1 saturated carbocycles. The van der Waals surface area contributed by atoms with Crippen molar-refractivity contribution in [3.05, 3.63) is 35.6 Å². The Balaban J connectivity index is 0.000000980. The van der Waals surface area contributed by atoms with Crippen molar-refractivity contribution in [3.63, 3.8) is 0 Å². The molecular formula is C11H15ClFN. The molecule has 2 N–H and O–H groups in total. The first-order valence-corrected chi connectivity index (χ1v) is 4.79. The third kappa shape index (κ3) is 2.07. The fraction of sp³-hybridized carbons (Fsp3) is 0.455. The first kappa shape index (κ1) is 11.5. The Morgan fingerprint density at radius 3 is 2.43 bits per heavy atom. The summed E-state index contributed by atoms with van der Waals surface area (Å²) in [5, 5.41) is 0. The monoisotopic (exact) mass is 215 g/mol. The Morgan fingerprint density at radius 1 is 1.29 bits per heavy atom. The third-order valence-corrected chi connectivity index (χ3v) is 2.92. The fourth-order valence-electron chi connectivity index (χ4n) is 1.80. The Morgan fingerprint density at radius 2 is 1.93 bits per heavy atom. The minimum absolute atomic E-state index is 0. The van der Waals surface area contributed by atoms with E-state index >= 15 is 0 Å². The smallest absolute Gasteiger partial charge is 0.127 e. The van der Waals surface area contributed by atoms with Gasteiger partial charge in [0.2, 0.25) is 0 Å². The maximum atomic E-state index is 13.3. The summed E-state index contributed by atoms with van der Waals surface area (Å²) in [4.78, 5) is 0. The summed E-state index contributed by atoms with van der Waals surface area (Å²) in [7, 11) is 0. The number of hydrogen-bond acceptors (Lipinski definition) is 1. The van der Waals surface area contributed by atoms with E-state index in [0.29, 0.717) is 11.5 Å². The van der Waals surface area contributed by atoms with Crippen molar-refractivity contribution in [2.75, 3.05) is 0 Å². The molecule has 0 bridgehead atoms. The van der Waals surface area contributed by atoms with E-state index in [1.165, 1.54) is 12.5 Å². The highest BCUT2D eigenvalue weighted by molar-refractivity contribution is 5.85. The molecule has 0 spiro atoms.